The molecule has 5 nitrogen and oxygen atoms in total. The molecule has 120 valence electrons. The standard InChI is InChI=1S/C16H22N2O3S/c1-12(2)11-21-14-5-3-4-13(10-14)15(19)17-16(22)18-6-8-20-9-7-18/h3-5,10,12H,6-9,11H2,1-2H3,(H,17,19,22). The maximum atomic E-state index is 12.3. The van der Waals surface area contributed by atoms with Gasteiger partial charge >= 0.3 is 0 Å². The number of hydrogen-bond acceptors (Lipinski definition) is 4. The Hall–Kier alpha value is -1.66. The minimum Gasteiger partial charge on any atom is -0.493 e. The van der Waals surface area contributed by atoms with Crippen molar-refractivity contribution in [3.8, 4) is 5.75 Å². The first-order valence-corrected chi connectivity index (χ1v) is 7.88. The van der Waals surface area contributed by atoms with E-state index < -0.39 is 0 Å². The van der Waals surface area contributed by atoms with Crippen LogP contribution < -0.4 is 10.1 Å². The van der Waals surface area contributed by atoms with Gasteiger partial charge in [-0.15, -0.1) is 0 Å². The predicted octanol–water partition coefficient (Wildman–Crippen LogP) is 2.07. The van der Waals surface area contributed by atoms with Crippen molar-refractivity contribution in [2.45, 2.75) is 13.8 Å². The van der Waals surface area contributed by atoms with E-state index in [1.807, 2.05) is 17.0 Å². The first-order chi connectivity index (χ1) is 10.6. The molecule has 0 saturated carbocycles. The van der Waals surface area contributed by atoms with Gasteiger partial charge in [0.15, 0.2) is 5.11 Å². The third-order valence-corrected chi connectivity index (χ3v) is 3.56. The normalized spacial score (nSPS) is 14.8. The van der Waals surface area contributed by atoms with E-state index in [4.69, 9.17) is 21.7 Å². The number of thiocarbonyl (C=S) groups is 1. The van der Waals surface area contributed by atoms with Gasteiger partial charge in [0.2, 0.25) is 0 Å². The monoisotopic (exact) mass is 322 g/mol. The molecule has 0 spiro atoms. The average Bonchev–Trinajstić information content (AvgIpc) is 2.54. The van der Waals surface area contributed by atoms with Crippen molar-refractivity contribution < 1.29 is 14.3 Å². The first-order valence-electron chi connectivity index (χ1n) is 7.47. The van der Waals surface area contributed by atoms with E-state index in [1.54, 1.807) is 12.1 Å². The molecule has 1 amide bonds. The second-order valence-electron chi connectivity index (χ2n) is 5.59. The zero-order valence-electron chi connectivity index (χ0n) is 13.0. The third kappa shape index (κ3) is 4.96. The Kier molecular flexibility index (Phi) is 6.15. The molecule has 1 heterocycles. The largest absolute Gasteiger partial charge is 0.493 e. The maximum Gasteiger partial charge on any atom is 0.257 e. The summed E-state index contributed by atoms with van der Waals surface area (Å²) in [6.45, 7) is 7.46. The molecule has 22 heavy (non-hydrogen) atoms. The molecule has 0 radical (unpaired) electrons. The Morgan fingerprint density at radius 3 is 2.82 bits per heavy atom. The van der Waals surface area contributed by atoms with Crippen LogP contribution in [0.2, 0.25) is 0 Å². The van der Waals surface area contributed by atoms with E-state index in [9.17, 15) is 4.79 Å². The Labute approximate surface area is 136 Å². The zero-order chi connectivity index (χ0) is 15.9. The van der Waals surface area contributed by atoms with Crippen LogP contribution in [0.1, 0.15) is 24.2 Å². The lowest BCUT2D eigenvalue weighted by molar-refractivity contribution is 0.0669. The summed E-state index contributed by atoms with van der Waals surface area (Å²) < 4.78 is 10.9. The molecule has 1 aliphatic rings. The molecule has 0 atom stereocenters. The van der Waals surface area contributed by atoms with Gasteiger partial charge in [0.25, 0.3) is 5.91 Å². The minimum absolute atomic E-state index is 0.216. The van der Waals surface area contributed by atoms with Crippen LogP contribution in [0.4, 0.5) is 0 Å². The van der Waals surface area contributed by atoms with E-state index in [1.165, 1.54) is 0 Å². The van der Waals surface area contributed by atoms with Crippen molar-refractivity contribution in [2.75, 3.05) is 32.9 Å². The number of nitrogens with one attached hydrogen (secondary N) is 1. The van der Waals surface area contributed by atoms with E-state index in [-0.39, 0.29) is 5.91 Å². The second kappa shape index (κ2) is 8.10. The highest BCUT2D eigenvalue weighted by molar-refractivity contribution is 7.80. The van der Waals surface area contributed by atoms with Gasteiger partial charge in [-0.1, -0.05) is 19.9 Å². The molecule has 0 aromatic heterocycles. The van der Waals surface area contributed by atoms with E-state index in [0.717, 1.165) is 0 Å². The Morgan fingerprint density at radius 2 is 2.14 bits per heavy atom. The molecule has 1 aromatic rings. The van der Waals surface area contributed by atoms with E-state index in [2.05, 4.69) is 19.2 Å². The molecule has 0 unspecified atom stereocenters. The quantitative estimate of drug-likeness (QED) is 0.860. The van der Waals surface area contributed by atoms with Gasteiger partial charge in [-0.05, 0) is 36.3 Å². The summed E-state index contributed by atoms with van der Waals surface area (Å²) >= 11 is 5.28. The molecule has 1 aromatic carbocycles. The van der Waals surface area contributed by atoms with Gasteiger partial charge in [0.05, 0.1) is 19.8 Å². The summed E-state index contributed by atoms with van der Waals surface area (Å²) in [6.07, 6.45) is 0. The van der Waals surface area contributed by atoms with Crippen LogP contribution >= 0.6 is 12.2 Å². The molecule has 6 heteroatoms. The summed E-state index contributed by atoms with van der Waals surface area (Å²) in [5.41, 5.74) is 0.539. The summed E-state index contributed by atoms with van der Waals surface area (Å²) in [5, 5.41) is 3.21. The summed E-state index contributed by atoms with van der Waals surface area (Å²) in [6, 6.07) is 7.14. The number of morpholine rings is 1. The van der Waals surface area contributed by atoms with Crippen molar-refractivity contribution in [3.05, 3.63) is 29.8 Å². The van der Waals surface area contributed by atoms with Crippen molar-refractivity contribution in [1.29, 1.82) is 0 Å². The van der Waals surface area contributed by atoms with E-state index >= 15 is 0 Å². The number of rotatable bonds is 4. The Balaban J connectivity index is 1.93. The van der Waals surface area contributed by atoms with Gasteiger partial charge in [0.1, 0.15) is 5.75 Å². The number of carbonyl (C=O) groups excluding carboxylic acids is 1. The summed E-state index contributed by atoms with van der Waals surface area (Å²) in [5.74, 6) is 0.913. The number of hydrogen-bond donors (Lipinski definition) is 1. The molecular formula is C16H22N2O3S. The van der Waals surface area contributed by atoms with Crippen LogP contribution in [-0.2, 0) is 4.74 Å². The van der Waals surface area contributed by atoms with Crippen LogP contribution in [0, 0.1) is 5.92 Å². The highest BCUT2D eigenvalue weighted by Gasteiger charge is 2.16. The number of carbonyl (C=O) groups is 1. The fourth-order valence-corrected chi connectivity index (χ4v) is 2.28. The van der Waals surface area contributed by atoms with Gasteiger partial charge in [-0.25, -0.2) is 0 Å². The highest BCUT2D eigenvalue weighted by atomic mass is 32.1. The molecule has 2 rings (SSSR count). The predicted molar refractivity (Wildman–Crippen MR) is 89.2 cm³/mol. The van der Waals surface area contributed by atoms with Crippen molar-refractivity contribution in [1.82, 2.24) is 10.2 Å². The fraction of sp³-hybridized carbons (Fsp3) is 0.500. The molecule has 1 saturated heterocycles. The number of nitrogens with zero attached hydrogens (tertiary/aromatic N) is 1. The van der Waals surface area contributed by atoms with Gasteiger partial charge < -0.3 is 14.4 Å². The first kappa shape index (κ1) is 16.7. The Bertz CT molecular complexity index is 528. The van der Waals surface area contributed by atoms with Crippen molar-refractivity contribution in [3.63, 3.8) is 0 Å². The molecule has 0 bridgehead atoms. The molecule has 1 aliphatic heterocycles. The molecular weight excluding hydrogens is 300 g/mol. The van der Waals surface area contributed by atoms with Gasteiger partial charge in [-0.2, -0.15) is 0 Å². The summed E-state index contributed by atoms with van der Waals surface area (Å²) in [7, 11) is 0. The Morgan fingerprint density at radius 1 is 1.41 bits per heavy atom. The molecule has 0 aliphatic carbocycles. The third-order valence-electron chi connectivity index (χ3n) is 3.20. The van der Waals surface area contributed by atoms with Crippen LogP contribution in [0.25, 0.3) is 0 Å². The van der Waals surface area contributed by atoms with Crippen LogP contribution in [-0.4, -0.2) is 48.8 Å². The number of ether oxygens (including phenoxy) is 2. The van der Waals surface area contributed by atoms with E-state index in [0.29, 0.717) is 55.3 Å². The van der Waals surface area contributed by atoms with Crippen LogP contribution in [0.15, 0.2) is 24.3 Å². The molecule has 1 N–H and O–H groups in total. The lowest BCUT2D eigenvalue weighted by atomic mass is 10.2. The minimum atomic E-state index is -0.216. The van der Waals surface area contributed by atoms with Crippen LogP contribution in [0.5, 0.6) is 5.75 Å². The lowest BCUT2D eigenvalue weighted by Crippen LogP contribution is -2.47. The van der Waals surface area contributed by atoms with Crippen molar-refractivity contribution in [2.24, 2.45) is 5.92 Å². The number of benzene rings is 1. The average molecular weight is 322 g/mol. The summed E-state index contributed by atoms with van der Waals surface area (Å²) in [4.78, 5) is 14.2. The molecule has 1 fully saturated rings. The smallest absolute Gasteiger partial charge is 0.257 e. The zero-order valence-corrected chi connectivity index (χ0v) is 13.8. The topological polar surface area (TPSA) is 50.8 Å². The SMILES string of the molecule is CC(C)COc1cccc(C(=O)NC(=S)N2CCOCC2)c1. The number of amides is 1. The lowest BCUT2D eigenvalue weighted by Gasteiger charge is -2.28. The second-order valence-corrected chi connectivity index (χ2v) is 5.98. The highest BCUT2D eigenvalue weighted by Crippen LogP contribution is 2.14. The van der Waals surface area contributed by atoms with Crippen molar-refractivity contribution >= 4 is 23.2 Å². The van der Waals surface area contributed by atoms with Gasteiger partial charge in [-0.3, -0.25) is 10.1 Å². The van der Waals surface area contributed by atoms with Gasteiger partial charge in [0, 0.05) is 18.7 Å². The fourth-order valence-electron chi connectivity index (χ4n) is 2.00. The maximum absolute atomic E-state index is 12.3. The van der Waals surface area contributed by atoms with Crippen LogP contribution in [0.3, 0.4) is 0 Å².